The zero-order valence-electron chi connectivity index (χ0n) is 9.55. The predicted octanol–water partition coefficient (Wildman–Crippen LogP) is 3.38. The van der Waals surface area contributed by atoms with Gasteiger partial charge in [-0.1, -0.05) is 18.2 Å². The monoisotopic (exact) mass is 299 g/mol. The number of aromatic nitrogens is 3. The van der Waals surface area contributed by atoms with Gasteiger partial charge in [0.25, 0.3) is 0 Å². The van der Waals surface area contributed by atoms with Crippen LogP contribution in [0.25, 0.3) is 10.9 Å². The molecule has 0 fully saturated rings. The molecule has 88 valence electrons. The molecular weight excluding hydrogens is 290 g/mol. The molecule has 3 nitrogen and oxygen atoms in total. The molecule has 2 heterocycles. The molecule has 3 rings (SSSR count). The van der Waals surface area contributed by atoms with Crippen molar-refractivity contribution in [1.82, 2.24) is 15.0 Å². The van der Waals surface area contributed by atoms with Crippen molar-refractivity contribution < 1.29 is 0 Å². The predicted molar refractivity (Wildman–Crippen MR) is 74.3 cm³/mol. The van der Waals surface area contributed by atoms with E-state index in [9.17, 15) is 0 Å². The van der Waals surface area contributed by atoms with Gasteiger partial charge in [-0.25, -0.2) is 9.97 Å². The highest BCUT2D eigenvalue weighted by molar-refractivity contribution is 9.10. The maximum absolute atomic E-state index is 4.36. The van der Waals surface area contributed by atoms with Crippen LogP contribution in [0, 0.1) is 0 Å². The fourth-order valence-corrected chi connectivity index (χ4v) is 2.33. The molecule has 0 atom stereocenters. The van der Waals surface area contributed by atoms with Crippen LogP contribution in [0.3, 0.4) is 0 Å². The molecule has 18 heavy (non-hydrogen) atoms. The average molecular weight is 300 g/mol. The van der Waals surface area contributed by atoms with E-state index >= 15 is 0 Å². The van der Waals surface area contributed by atoms with E-state index in [0.29, 0.717) is 0 Å². The summed E-state index contributed by atoms with van der Waals surface area (Å²) in [6.45, 7) is 0. The Morgan fingerprint density at radius 1 is 1.00 bits per heavy atom. The first-order valence-corrected chi connectivity index (χ1v) is 6.41. The van der Waals surface area contributed by atoms with E-state index in [-0.39, 0.29) is 0 Å². The van der Waals surface area contributed by atoms with E-state index in [1.807, 2.05) is 36.5 Å². The minimum Gasteiger partial charge on any atom is -0.256 e. The van der Waals surface area contributed by atoms with Gasteiger partial charge in [0, 0.05) is 23.7 Å². The highest BCUT2D eigenvalue weighted by Crippen LogP contribution is 2.19. The second-order valence-electron chi connectivity index (χ2n) is 4.00. The standard InChI is InChI=1S/C14H10BrN3/c15-14-8-11(17-9-18-14)7-10-5-6-16-13-4-2-1-3-12(10)13/h1-6,8-9H,7H2. The molecular formula is C14H10BrN3. The van der Waals surface area contributed by atoms with Gasteiger partial charge in [-0.05, 0) is 39.7 Å². The van der Waals surface area contributed by atoms with Gasteiger partial charge in [-0.3, -0.25) is 4.98 Å². The van der Waals surface area contributed by atoms with Crippen molar-refractivity contribution in [2.45, 2.75) is 6.42 Å². The molecule has 0 amide bonds. The Kier molecular flexibility index (Phi) is 3.02. The molecule has 0 aliphatic heterocycles. The van der Waals surface area contributed by atoms with Crippen LogP contribution >= 0.6 is 15.9 Å². The van der Waals surface area contributed by atoms with Gasteiger partial charge in [-0.15, -0.1) is 0 Å². The molecule has 4 heteroatoms. The van der Waals surface area contributed by atoms with Crippen molar-refractivity contribution >= 4 is 26.8 Å². The summed E-state index contributed by atoms with van der Waals surface area (Å²) < 4.78 is 0.811. The van der Waals surface area contributed by atoms with Crippen molar-refractivity contribution in [2.75, 3.05) is 0 Å². The molecule has 0 bridgehead atoms. The fourth-order valence-electron chi connectivity index (χ4n) is 1.97. The van der Waals surface area contributed by atoms with Crippen LogP contribution in [0.15, 0.2) is 53.5 Å². The summed E-state index contributed by atoms with van der Waals surface area (Å²) >= 11 is 3.36. The number of halogens is 1. The van der Waals surface area contributed by atoms with E-state index in [1.165, 1.54) is 10.9 Å². The van der Waals surface area contributed by atoms with Gasteiger partial charge in [0.05, 0.1) is 5.52 Å². The lowest BCUT2D eigenvalue weighted by molar-refractivity contribution is 1.02. The largest absolute Gasteiger partial charge is 0.256 e. The topological polar surface area (TPSA) is 38.7 Å². The molecule has 0 aliphatic rings. The lowest BCUT2D eigenvalue weighted by atomic mass is 10.0. The molecule has 0 saturated carbocycles. The zero-order chi connectivity index (χ0) is 12.4. The highest BCUT2D eigenvalue weighted by atomic mass is 79.9. The first kappa shape index (κ1) is 11.3. The molecule has 0 unspecified atom stereocenters. The van der Waals surface area contributed by atoms with Crippen LogP contribution in [0.2, 0.25) is 0 Å². The van der Waals surface area contributed by atoms with Gasteiger partial charge >= 0.3 is 0 Å². The number of rotatable bonds is 2. The highest BCUT2D eigenvalue weighted by Gasteiger charge is 2.04. The normalized spacial score (nSPS) is 10.7. The smallest absolute Gasteiger partial charge is 0.116 e. The summed E-state index contributed by atoms with van der Waals surface area (Å²) in [6, 6.07) is 12.1. The summed E-state index contributed by atoms with van der Waals surface area (Å²) in [5.74, 6) is 0. The zero-order valence-corrected chi connectivity index (χ0v) is 11.1. The molecule has 0 saturated heterocycles. The maximum Gasteiger partial charge on any atom is 0.116 e. The molecule has 0 N–H and O–H groups in total. The minimum absolute atomic E-state index is 0.782. The number of pyridine rings is 1. The van der Waals surface area contributed by atoms with Gasteiger partial charge in [0.1, 0.15) is 10.9 Å². The summed E-state index contributed by atoms with van der Waals surface area (Å²) in [6.07, 6.45) is 4.20. The van der Waals surface area contributed by atoms with Crippen molar-refractivity contribution in [1.29, 1.82) is 0 Å². The number of fused-ring (bicyclic) bond motifs is 1. The van der Waals surface area contributed by atoms with Crippen LogP contribution in [0.4, 0.5) is 0 Å². The minimum atomic E-state index is 0.782. The van der Waals surface area contributed by atoms with Gasteiger partial charge in [0.2, 0.25) is 0 Å². The second-order valence-corrected chi connectivity index (χ2v) is 4.81. The third-order valence-corrected chi connectivity index (χ3v) is 3.23. The Morgan fingerprint density at radius 2 is 1.89 bits per heavy atom. The van der Waals surface area contributed by atoms with Gasteiger partial charge < -0.3 is 0 Å². The first-order valence-electron chi connectivity index (χ1n) is 5.62. The number of hydrogen-bond donors (Lipinski definition) is 0. The molecule has 2 aromatic heterocycles. The molecule has 0 aliphatic carbocycles. The van der Waals surface area contributed by atoms with Crippen molar-refractivity contribution in [3.8, 4) is 0 Å². The summed E-state index contributed by atoms with van der Waals surface area (Å²) in [7, 11) is 0. The number of hydrogen-bond acceptors (Lipinski definition) is 3. The van der Waals surface area contributed by atoms with E-state index in [0.717, 1.165) is 22.2 Å². The van der Waals surface area contributed by atoms with Crippen LogP contribution in [0.1, 0.15) is 11.3 Å². The third-order valence-electron chi connectivity index (χ3n) is 2.80. The van der Waals surface area contributed by atoms with E-state index in [4.69, 9.17) is 0 Å². The summed E-state index contributed by atoms with van der Waals surface area (Å²) in [5, 5.41) is 1.18. The first-order chi connectivity index (χ1) is 8.83. The Morgan fingerprint density at radius 3 is 2.78 bits per heavy atom. The summed E-state index contributed by atoms with van der Waals surface area (Å²) in [4.78, 5) is 12.7. The van der Waals surface area contributed by atoms with E-state index in [1.54, 1.807) is 6.33 Å². The summed E-state index contributed by atoms with van der Waals surface area (Å²) in [5.41, 5.74) is 3.24. The Hall–Kier alpha value is -1.81. The van der Waals surface area contributed by atoms with Crippen molar-refractivity contribution in [3.63, 3.8) is 0 Å². The molecule has 0 spiro atoms. The van der Waals surface area contributed by atoms with Crippen LogP contribution in [-0.4, -0.2) is 15.0 Å². The Bertz CT molecular complexity index is 692. The van der Waals surface area contributed by atoms with Crippen molar-refractivity contribution in [3.05, 3.63) is 64.8 Å². The SMILES string of the molecule is Brc1cc(Cc2ccnc3ccccc23)ncn1. The maximum atomic E-state index is 4.36. The third kappa shape index (κ3) is 2.24. The van der Waals surface area contributed by atoms with Crippen LogP contribution in [-0.2, 0) is 6.42 Å². The number of benzene rings is 1. The molecule has 1 aromatic carbocycles. The second kappa shape index (κ2) is 4.82. The molecule has 0 radical (unpaired) electrons. The Balaban J connectivity index is 2.05. The fraction of sp³-hybridized carbons (Fsp3) is 0.0714. The molecule has 3 aromatic rings. The van der Waals surface area contributed by atoms with E-state index < -0.39 is 0 Å². The van der Waals surface area contributed by atoms with Crippen LogP contribution < -0.4 is 0 Å². The average Bonchev–Trinajstić information content (AvgIpc) is 2.39. The Labute approximate surface area is 113 Å². The van der Waals surface area contributed by atoms with E-state index in [2.05, 4.69) is 36.9 Å². The lowest BCUT2D eigenvalue weighted by Gasteiger charge is -2.05. The van der Waals surface area contributed by atoms with Crippen molar-refractivity contribution in [2.24, 2.45) is 0 Å². The van der Waals surface area contributed by atoms with Crippen LogP contribution in [0.5, 0.6) is 0 Å². The number of para-hydroxylation sites is 1. The van der Waals surface area contributed by atoms with Gasteiger partial charge in [0.15, 0.2) is 0 Å². The lowest BCUT2D eigenvalue weighted by Crippen LogP contribution is -1.95. The van der Waals surface area contributed by atoms with Gasteiger partial charge in [-0.2, -0.15) is 0 Å². The quantitative estimate of drug-likeness (QED) is 0.681. The number of nitrogens with zero attached hydrogens (tertiary/aromatic N) is 3.